The van der Waals surface area contributed by atoms with Gasteiger partial charge < -0.3 is 4.74 Å². The van der Waals surface area contributed by atoms with E-state index in [2.05, 4.69) is 22.9 Å². The van der Waals surface area contributed by atoms with Gasteiger partial charge >= 0.3 is 0 Å². The minimum absolute atomic E-state index is 0.143. The molecule has 3 heteroatoms. The fourth-order valence-corrected chi connectivity index (χ4v) is 2.41. The number of rotatable bonds is 5. The number of hydrogen-bond donors (Lipinski definition) is 0. The highest BCUT2D eigenvalue weighted by Gasteiger charge is 2.15. The number of ether oxygens (including phenoxy) is 1. The van der Waals surface area contributed by atoms with Crippen molar-refractivity contribution in [2.45, 2.75) is 39.5 Å². The van der Waals surface area contributed by atoms with Gasteiger partial charge in [0.25, 0.3) is 0 Å². The van der Waals surface area contributed by atoms with E-state index < -0.39 is 0 Å². The van der Waals surface area contributed by atoms with Crippen molar-refractivity contribution in [1.29, 1.82) is 0 Å². The van der Waals surface area contributed by atoms with Crippen LogP contribution in [0.2, 0.25) is 0 Å². The molecule has 0 aliphatic carbocycles. The first-order chi connectivity index (χ1) is 7.57. The van der Waals surface area contributed by atoms with E-state index in [1.54, 1.807) is 6.07 Å². The van der Waals surface area contributed by atoms with Crippen LogP contribution in [0, 0.1) is 5.82 Å². The van der Waals surface area contributed by atoms with Crippen molar-refractivity contribution in [2.24, 2.45) is 0 Å². The van der Waals surface area contributed by atoms with Crippen LogP contribution in [0.3, 0.4) is 0 Å². The molecule has 1 aromatic carbocycles. The lowest BCUT2D eigenvalue weighted by molar-refractivity contribution is 0.306. The Morgan fingerprint density at radius 2 is 2.06 bits per heavy atom. The van der Waals surface area contributed by atoms with Gasteiger partial charge in [0.05, 0.1) is 11.1 Å². The van der Waals surface area contributed by atoms with Crippen LogP contribution in [0.4, 0.5) is 4.39 Å². The molecule has 0 radical (unpaired) electrons. The number of unbranched alkanes of at least 4 members (excludes halogenated alkanes) is 1. The highest BCUT2D eigenvalue weighted by atomic mass is 79.9. The summed E-state index contributed by atoms with van der Waals surface area (Å²) in [6, 6.07) is 3.16. The lowest BCUT2D eigenvalue weighted by atomic mass is 10.0. The van der Waals surface area contributed by atoms with Crippen molar-refractivity contribution < 1.29 is 9.13 Å². The average molecular weight is 289 g/mol. The van der Waals surface area contributed by atoms with Crippen LogP contribution >= 0.6 is 15.9 Å². The second-order valence-corrected chi connectivity index (χ2v) is 4.92. The Kier molecular flexibility index (Phi) is 5.26. The molecule has 16 heavy (non-hydrogen) atoms. The predicted octanol–water partition coefficient (Wildman–Crippen LogP) is 4.89. The second kappa shape index (κ2) is 6.24. The van der Waals surface area contributed by atoms with Gasteiger partial charge in [0.15, 0.2) is 0 Å². The molecular weight excluding hydrogens is 271 g/mol. The van der Waals surface area contributed by atoms with Gasteiger partial charge in [-0.1, -0.05) is 27.2 Å². The first-order valence-corrected chi connectivity index (χ1v) is 6.47. The van der Waals surface area contributed by atoms with Crippen LogP contribution in [0.25, 0.3) is 0 Å². The minimum Gasteiger partial charge on any atom is -0.492 e. The standard InChI is InChI=1S/C13H18BrFO/c1-4-5-8-16-11-7-6-10(15)12(9(2)3)13(11)14/h6-7,9H,4-5,8H2,1-3H3. The van der Waals surface area contributed by atoms with Crippen LogP contribution in [0.5, 0.6) is 5.75 Å². The SMILES string of the molecule is CCCCOc1ccc(F)c(C(C)C)c1Br. The first-order valence-electron chi connectivity index (χ1n) is 5.68. The van der Waals surface area contributed by atoms with Gasteiger partial charge in [-0.15, -0.1) is 0 Å². The molecule has 0 aliphatic rings. The van der Waals surface area contributed by atoms with Gasteiger partial charge in [-0.05, 0) is 40.4 Å². The van der Waals surface area contributed by atoms with Gasteiger partial charge in [-0.25, -0.2) is 4.39 Å². The summed E-state index contributed by atoms with van der Waals surface area (Å²) in [5, 5.41) is 0. The highest BCUT2D eigenvalue weighted by Crippen LogP contribution is 2.35. The Morgan fingerprint density at radius 1 is 1.38 bits per heavy atom. The summed E-state index contributed by atoms with van der Waals surface area (Å²) in [6.45, 7) is 6.73. The molecule has 0 saturated heterocycles. The second-order valence-electron chi connectivity index (χ2n) is 4.13. The normalized spacial score (nSPS) is 10.9. The molecule has 0 N–H and O–H groups in total. The average Bonchev–Trinajstić information content (AvgIpc) is 2.21. The zero-order valence-corrected chi connectivity index (χ0v) is 11.6. The molecule has 0 fully saturated rings. The van der Waals surface area contributed by atoms with E-state index >= 15 is 0 Å². The number of hydrogen-bond acceptors (Lipinski definition) is 1. The maximum absolute atomic E-state index is 13.6. The third kappa shape index (κ3) is 3.21. The van der Waals surface area contributed by atoms with E-state index in [1.165, 1.54) is 6.07 Å². The largest absolute Gasteiger partial charge is 0.492 e. The van der Waals surface area contributed by atoms with Crippen LogP contribution < -0.4 is 4.74 Å². The Labute approximate surface area is 105 Å². The van der Waals surface area contributed by atoms with Crippen LogP contribution in [-0.2, 0) is 0 Å². The molecular formula is C13H18BrFO. The maximum Gasteiger partial charge on any atom is 0.133 e. The van der Waals surface area contributed by atoms with Crippen molar-refractivity contribution in [2.75, 3.05) is 6.61 Å². The van der Waals surface area contributed by atoms with E-state index in [0.717, 1.165) is 23.1 Å². The van der Waals surface area contributed by atoms with E-state index in [9.17, 15) is 4.39 Å². The third-order valence-electron chi connectivity index (χ3n) is 2.42. The monoisotopic (exact) mass is 288 g/mol. The van der Waals surface area contributed by atoms with Gasteiger partial charge in [-0.2, -0.15) is 0 Å². The predicted molar refractivity (Wildman–Crippen MR) is 68.6 cm³/mol. The van der Waals surface area contributed by atoms with Crippen molar-refractivity contribution >= 4 is 15.9 Å². The van der Waals surface area contributed by atoms with Crippen molar-refractivity contribution in [3.63, 3.8) is 0 Å². The quantitative estimate of drug-likeness (QED) is 0.701. The van der Waals surface area contributed by atoms with Crippen molar-refractivity contribution in [1.82, 2.24) is 0 Å². The number of halogens is 2. The summed E-state index contributed by atoms with van der Waals surface area (Å²) >= 11 is 3.42. The van der Waals surface area contributed by atoms with Gasteiger partial charge in [-0.3, -0.25) is 0 Å². The molecule has 0 heterocycles. The Bertz CT molecular complexity index is 350. The van der Waals surface area contributed by atoms with Gasteiger partial charge in [0.2, 0.25) is 0 Å². The van der Waals surface area contributed by atoms with Crippen LogP contribution in [0.15, 0.2) is 16.6 Å². The molecule has 0 spiro atoms. The molecule has 1 rings (SSSR count). The Hall–Kier alpha value is -0.570. The maximum atomic E-state index is 13.6. The van der Waals surface area contributed by atoms with Gasteiger partial charge in [0, 0.05) is 5.56 Å². The zero-order valence-electron chi connectivity index (χ0n) is 10.0. The zero-order chi connectivity index (χ0) is 12.1. The summed E-state index contributed by atoms with van der Waals surface area (Å²) in [5.41, 5.74) is 0.689. The first kappa shape index (κ1) is 13.5. The summed E-state index contributed by atoms with van der Waals surface area (Å²) in [6.07, 6.45) is 2.11. The van der Waals surface area contributed by atoms with E-state index in [0.29, 0.717) is 12.2 Å². The highest BCUT2D eigenvalue weighted by molar-refractivity contribution is 9.10. The summed E-state index contributed by atoms with van der Waals surface area (Å²) in [5.74, 6) is 0.701. The molecule has 0 amide bonds. The van der Waals surface area contributed by atoms with Crippen molar-refractivity contribution in [3.8, 4) is 5.75 Å². The fourth-order valence-electron chi connectivity index (χ4n) is 1.52. The van der Waals surface area contributed by atoms with E-state index in [1.807, 2.05) is 13.8 Å². The lowest BCUT2D eigenvalue weighted by Gasteiger charge is -2.14. The summed E-state index contributed by atoms with van der Waals surface area (Å²) < 4.78 is 19.9. The van der Waals surface area contributed by atoms with Crippen LogP contribution in [0.1, 0.15) is 45.1 Å². The minimum atomic E-state index is -0.176. The molecule has 0 atom stereocenters. The van der Waals surface area contributed by atoms with Gasteiger partial charge in [0.1, 0.15) is 11.6 Å². The lowest BCUT2D eigenvalue weighted by Crippen LogP contribution is -2.01. The summed E-state index contributed by atoms with van der Waals surface area (Å²) in [4.78, 5) is 0. The van der Waals surface area contributed by atoms with Crippen LogP contribution in [-0.4, -0.2) is 6.61 Å². The molecule has 0 unspecified atom stereocenters. The van der Waals surface area contributed by atoms with Crippen molar-refractivity contribution in [3.05, 3.63) is 28.0 Å². The molecule has 90 valence electrons. The topological polar surface area (TPSA) is 9.23 Å². The molecule has 1 aromatic rings. The van der Waals surface area contributed by atoms with E-state index in [4.69, 9.17) is 4.74 Å². The molecule has 0 bridgehead atoms. The number of benzene rings is 1. The fraction of sp³-hybridized carbons (Fsp3) is 0.538. The molecule has 0 saturated carbocycles. The molecule has 0 aliphatic heterocycles. The summed E-state index contributed by atoms with van der Waals surface area (Å²) in [7, 11) is 0. The third-order valence-corrected chi connectivity index (χ3v) is 3.24. The molecule has 0 aromatic heterocycles. The Balaban J connectivity index is 2.90. The Morgan fingerprint density at radius 3 is 2.62 bits per heavy atom. The smallest absolute Gasteiger partial charge is 0.133 e. The molecule has 1 nitrogen and oxygen atoms in total. The van der Waals surface area contributed by atoms with E-state index in [-0.39, 0.29) is 11.7 Å².